The summed E-state index contributed by atoms with van der Waals surface area (Å²) in [6.45, 7) is 2.22. The fraction of sp³-hybridized carbons (Fsp3) is 0.810. The van der Waals surface area contributed by atoms with Crippen molar-refractivity contribution < 1.29 is 19.8 Å². The Morgan fingerprint density at radius 2 is 1.96 bits per heavy atom. The Kier molecular flexibility index (Phi) is 4.10. The van der Waals surface area contributed by atoms with Crippen molar-refractivity contribution in [3.63, 3.8) is 0 Å². The van der Waals surface area contributed by atoms with Gasteiger partial charge in [0, 0.05) is 12.8 Å². The van der Waals surface area contributed by atoms with Crippen molar-refractivity contribution in [3.8, 4) is 0 Å². The van der Waals surface area contributed by atoms with Gasteiger partial charge in [0.25, 0.3) is 0 Å². The number of allylic oxidation sites excluding steroid dienone is 1. The summed E-state index contributed by atoms with van der Waals surface area (Å²) in [6, 6.07) is 0. The number of rotatable bonds is 3. The number of ketones is 1. The molecule has 3 saturated carbocycles. The number of carboxylic acids is 1. The quantitative estimate of drug-likeness (QED) is 0.816. The van der Waals surface area contributed by atoms with E-state index in [-0.39, 0.29) is 11.8 Å². The van der Waals surface area contributed by atoms with E-state index in [9.17, 15) is 14.7 Å². The smallest absolute Gasteiger partial charge is 0.303 e. The van der Waals surface area contributed by atoms with E-state index in [1.165, 1.54) is 5.57 Å². The van der Waals surface area contributed by atoms with Gasteiger partial charge >= 0.3 is 5.97 Å². The van der Waals surface area contributed by atoms with Crippen LogP contribution in [0.2, 0.25) is 0 Å². The average molecular weight is 346 g/mol. The summed E-state index contributed by atoms with van der Waals surface area (Å²) in [5.74, 6) is 1.86. The van der Waals surface area contributed by atoms with Crippen LogP contribution >= 0.6 is 0 Å². The van der Waals surface area contributed by atoms with E-state index in [4.69, 9.17) is 5.11 Å². The number of hydrogen-bond acceptors (Lipinski definition) is 3. The van der Waals surface area contributed by atoms with Crippen LogP contribution in [0.5, 0.6) is 0 Å². The number of fused-ring (bicyclic) bond motifs is 5. The monoisotopic (exact) mass is 346 g/mol. The highest BCUT2D eigenvalue weighted by Crippen LogP contribution is 2.65. The van der Waals surface area contributed by atoms with E-state index in [2.05, 4.69) is 6.92 Å². The first kappa shape index (κ1) is 17.3. The van der Waals surface area contributed by atoms with E-state index >= 15 is 0 Å². The Labute approximate surface area is 149 Å². The molecule has 0 bridgehead atoms. The molecule has 0 aliphatic heterocycles. The molecule has 4 aliphatic rings. The molecule has 4 heteroatoms. The largest absolute Gasteiger partial charge is 0.481 e. The first-order valence-electron chi connectivity index (χ1n) is 10.0. The van der Waals surface area contributed by atoms with Crippen molar-refractivity contribution in [1.29, 1.82) is 0 Å². The van der Waals surface area contributed by atoms with Crippen LogP contribution in [0.4, 0.5) is 0 Å². The molecule has 6 atom stereocenters. The number of carboxylic acid groups (broad SMARTS) is 1. The Morgan fingerprint density at radius 1 is 1.16 bits per heavy atom. The molecule has 138 valence electrons. The molecule has 3 fully saturated rings. The lowest BCUT2D eigenvalue weighted by molar-refractivity contribution is -0.145. The van der Waals surface area contributed by atoms with Crippen molar-refractivity contribution >= 4 is 11.8 Å². The zero-order chi connectivity index (χ0) is 17.8. The Bertz CT molecular complexity index is 623. The molecule has 0 aromatic heterocycles. The summed E-state index contributed by atoms with van der Waals surface area (Å²) in [5.41, 5.74) is 0.426. The van der Waals surface area contributed by atoms with E-state index in [0.29, 0.717) is 42.3 Å². The van der Waals surface area contributed by atoms with Crippen molar-refractivity contribution in [2.75, 3.05) is 0 Å². The first-order chi connectivity index (χ1) is 11.8. The fourth-order valence-electron chi connectivity index (χ4n) is 7.02. The second-order valence-corrected chi connectivity index (χ2v) is 9.22. The second-order valence-electron chi connectivity index (χ2n) is 9.22. The molecule has 0 radical (unpaired) electrons. The number of aliphatic hydroxyl groups is 1. The maximum absolute atomic E-state index is 11.8. The lowest BCUT2D eigenvalue weighted by Crippen LogP contribution is -2.52. The Morgan fingerprint density at radius 3 is 2.72 bits per heavy atom. The van der Waals surface area contributed by atoms with Crippen LogP contribution in [0, 0.1) is 29.1 Å². The van der Waals surface area contributed by atoms with Gasteiger partial charge in [-0.05, 0) is 86.5 Å². The molecule has 0 amide bonds. The van der Waals surface area contributed by atoms with Crippen molar-refractivity contribution in [2.45, 2.75) is 76.7 Å². The summed E-state index contributed by atoms with van der Waals surface area (Å²) >= 11 is 0. The van der Waals surface area contributed by atoms with Gasteiger partial charge < -0.3 is 10.2 Å². The average Bonchev–Trinajstić information content (AvgIpc) is 2.84. The van der Waals surface area contributed by atoms with Crippen LogP contribution < -0.4 is 0 Å². The molecule has 0 spiro atoms. The SMILES string of the molecule is C[C@]12CC[C@H]3[C@H](CCC4=CC(=O)CC[C@H]43)[C@H]1CC[C@]2(O)CCC(=O)O. The lowest BCUT2D eigenvalue weighted by atomic mass is 9.50. The molecule has 0 heterocycles. The summed E-state index contributed by atoms with van der Waals surface area (Å²) in [4.78, 5) is 22.8. The maximum atomic E-state index is 11.8. The van der Waals surface area contributed by atoms with Crippen LogP contribution in [-0.4, -0.2) is 27.6 Å². The fourth-order valence-corrected chi connectivity index (χ4v) is 7.02. The normalized spacial score (nSPS) is 46.0. The predicted molar refractivity (Wildman–Crippen MR) is 93.9 cm³/mol. The summed E-state index contributed by atoms with van der Waals surface area (Å²) in [5, 5.41) is 20.4. The molecule has 4 rings (SSSR count). The van der Waals surface area contributed by atoms with Gasteiger partial charge in [0.05, 0.1) is 5.60 Å². The topological polar surface area (TPSA) is 74.6 Å². The Hall–Kier alpha value is -1.16. The predicted octanol–water partition coefficient (Wildman–Crippen LogP) is 3.72. The van der Waals surface area contributed by atoms with Gasteiger partial charge in [0.15, 0.2) is 5.78 Å². The van der Waals surface area contributed by atoms with Crippen LogP contribution in [0.25, 0.3) is 0 Å². The summed E-state index contributed by atoms with van der Waals surface area (Å²) in [7, 11) is 0. The second kappa shape index (κ2) is 5.94. The molecule has 2 N–H and O–H groups in total. The number of carbonyl (C=O) groups is 2. The van der Waals surface area contributed by atoms with Gasteiger partial charge in [-0.15, -0.1) is 0 Å². The van der Waals surface area contributed by atoms with Gasteiger partial charge in [-0.1, -0.05) is 12.5 Å². The third-order valence-electron chi connectivity index (χ3n) is 8.37. The molecule has 4 aliphatic carbocycles. The maximum Gasteiger partial charge on any atom is 0.303 e. The molecule has 4 nitrogen and oxygen atoms in total. The van der Waals surface area contributed by atoms with Gasteiger partial charge in [-0.3, -0.25) is 9.59 Å². The van der Waals surface area contributed by atoms with Gasteiger partial charge in [-0.2, -0.15) is 0 Å². The van der Waals surface area contributed by atoms with E-state index in [1.807, 2.05) is 6.08 Å². The van der Waals surface area contributed by atoms with Crippen LogP contribution in [-0.2, 0) is 9.59 Å². The Balaban J connectivity index is 1.57. The number of hydrogen-bond donors (Lipinski definition) is 2. The third-order valence-corrected chi connectivity index (χ3v) is 8.37. The molecule has 0 unspecified atom stereocenters. The third kappa shape index (κ3) is 2.59. The van der Waals surface area contributed by atoms with E-state index in [0.717, 1.165) is 44.9 Å². The van der Waals surface area contributed by atoms with Gasteiger partial charge in [-0.25, -0.2) is 0 Å². The van der Waals surface area contributed by atoms with Gasteiger partial charge in [0.1, 0.15) is 0 Å². The molecule has 0 saturated heterocycles. The zero-order valence-electron chi connectivity index (χ0n) is 15.2. The molecular formula is C21H30O4. The number of carbonyl (C=O) groups excluding carboxylic acids is 1. The minimum absolute atomic E-state index is 0.0600. The van der Waals surface area contributed by atoms with Crippen LogP contribution in [0.1, 0.15) is 71.1 Å². The lowest BCUT2D eigenvalue weighted by Gasteiger charge is -2.55. The summed E-state index contributed by atoms with van der Waals surface area (Å²) < 4.78 is 0. The van der Waals surface area contributed by atoms with Crippen molar-refractivity contribution in [2.24, 2.45) is 29.1 Å². The first-order valence-corrected chi connectivity index (χ1v) is 10.0. The standard InChI is InChI=1S/C21H30O4/c1-20-9-6-16-15-5-3-14(22)12-13(15)2-4-17(16)18(20)7-10-21(20,25)11-8-19(23)24/h12,15-18,25H,2-11H2,1H3,(H,23,24)/t15-,16-,17+,18-,20+,21+/m1/s1. The molecule has 0 aromatic rings. The van der Waals surface area contributed by atoms with Crippen molar-refractivity contribution in [1.82, 2.24) is 0 Å². The highest BCUT2D eigenvalue weighted by Gasteiger charge is 2.61. The van der Waals surface area contributed by atoms with Gasteiger partial charge in [0.2, 0.25) is 0 Å². The van der Waals surface area contributed by atoms with Crippen LogP contribution in [0.3, 0.4) is 0 Å². The van der Waals surface area contributed by atoms with E-state index < -0.39 is 11.6 Å². The number of aliphatic carboxylic acids is 1. The van der Waals surface area contributed by atoms with E-state index in [1.54, 1.807) is 0 Å². The zero-order valence-corrected chi connectivity index (χ0v) is 15.2. The molecule has 0 aromatic carbocycles. The minimum atomic E-state index is -0.820. The minimum Gasteiger partial charge on any atom is -0.481 e. The molecule has 25 heavy (non-hydrogen) atoms. The van der Waals surface area contributed by atoms with Crippen LogP contribution in [0.15, 0.2) is 11.6 Å². The highest BCUT2D eigenvalue weighted by atomic mass is 16.4. The highest BCUT2D eigenvalue weighted by molar-refractivity contribution is 5.91. The molecular weight excluding hydrogens is 316 g/mol. The summed E-state index contributed by atoms with van der Waals surface area (Å²) in [6.07, 6.45) is 10.1. The van der Waals surface area contributed by atoms with Crippen molar-refractivity contribution in [3.05, 3.63) is 11.6 Å².